The lowest BCUT2D eigenvalue weighted by atomic mass is 10.2. The molecular formula is C18H16FN3O3. The number of hydrogen-bond donors (Lipinski definition) is 2. The van der Waals surface area contributed by atoms with Gasteiger partial charge in [0.1, 0.15) is 23.2 Å². The summed E-state index contributed by atoms with van der Waals surface area (Å²) in [5, 5.41) is 14.2. The zero-order valence-electron chi connectivity index (χ0n) is 13.3. The summed E-state index contributed by atoms with van der Waals surface area (Å²) >= 11 is 0. The molecule has 0 aliphatic carbocycles. The van der Waals surface area contributed by atoms with Crippen molar-refractivity contribution < 1.29 is 18.4 Å². The highest BCUT2D eigenvalue weighted by Crippen LogP contribution is 2.07. The predicted octanol–water partition coefficient (Wildman–Crippen LogP) is 2.26. The summed E-state index contributed by atoms with van der Waals surface area (Å²) in [7, 11) is 0. The van der Waals surface area contributed by atoms with Gasteiger partial charge in [-0.05, 0) is 36.8 Å². The van der Waals surface area contributed by atoms with Gasteiger partial charge in [-0.1, -0.05) is 6.07 Å². The number of nitrogens with zero attached hydrogens (tertiary/aromatic N) is 1. The standard InChI is InChI=1S/C18H16FN3O3/c19-15-5-1-4-13(10-15)17(23)21-7-3-8-22-18(24)14(12-20)11-16-6-2-9-25-16/h1-2,4-6,9-11H,3,7-8H2,(H,21,23)(H,22,24)/b14-11-. The van der Waals surface area contributed by atoms with E-state index < -0.39 is 11.7 Å². The molecule has 0 atom stereocenters. The summed E-state index contributed by atoms with van der Waals surface area (Å²) in [4.78, 5) is 23.7. The Balaban J connectivity index is 1.73. The van der Waals surface area contributed by atoms with Crippen molar-refractivity contribution >= 4 is 17.9 Å². The second kappa shape index (κ2) is 9.03. The summed E-state index contributed by atoms with van der Waals surface area (Å²) in [6, 6.07) is 10.5. The lowest BCUT2D eigenvalue weighted by molar-refractivity contribution is -0.117. The number of rotatable bonds is 7. The van der Waals surface area contributed by atoms with E-state index >= 15 is 0 Å². The first-order chi connectivity index (χ1) is 12.1. The second-order valence-electron chi connectivity index (χ2n) is 5.06. The van der Waals surface area contributed by atoms with Crippen LogP contribution in [0.1, 0.15) is 22.5 Å². The molecule has 0 saturated carbocycles. The zero-order valence-corrected chi connectivity index (χ0v) is 13.3. The monoisotopic (exact) mass is 341 g/mol. The first kappa shape index (κ1) is 17.9. The lowest BCUT2D eigenvalue weighted by Crippen LogP contribution is -2.30. The molecule has 2 N–H and O–H groups in total. The summed E-state index contributed by atoms with van der Waals surface area (Å²) in [5.41, 5.74) is 0.163. The van der Waals surface area contributed by atoms with Gasteiger partial charge >= 0.3 is 0 Å². The van der Waals surface area contributed by atoms with E-state index in [-0.39, 0.29) is 23.6 Å². The van der Waals surface area contributed by atoms with Gasteiger partial charge in [0.25, 0.3) is 11.8 Å². The van der Waals surface area contributed by atoms with Crippen LogP contribution in [0.4, 0.5) is 4.39 Å². The normalized spacial score (nSPS) is 10.8. The molecule has 25 heavy (non-hydrogen) atoms. The first-order valence-electron chi connectivity index (χ1n) is 7.57. The number of amides is 2. The molecular weight excluding hydrogens is 325 g/mol. The maximum Gasteiger partial charge on any atom is 0.262 e. The number of nitrogens with one attached hydrogen (secondary N) is 2. The van der Waals surface area contributed by atoms with E-state index in [1.165, 1.54) is 30.5 Å². The number of nitriles is 1. The number of carbonyl (C=O) groups is 2. The number of carbonyl (C=O) groups excluding carboxylic acids is 2. The van der Waals surface area contributed by atoms with Crippen LogP contribution < -0.4 is 10.6 Å². The molecule has 0 radical (unpaired) electrons. The summed E-state index contributed by atoms with van der Waals surface area (Å²) in [5.74, 6) is -0.974. The van der Waals surface area contributed by atoms with Crippen molar-refractivity contribution in [2.24, 2.45) is 0 Å². The molecule has 0 spiro atoms. The molecule has 1 heterocycles. The molecule has 128 valence electrons. The van der Waals surface area contributed by atoms with Crippen LogP contribution in [0.5, 0.6) is 0 Å². The summed E-state index contributed by atoms with van der Waals surface area (Å²) in [6.45, 7) is 0.582. The van der Waals surface area contributed by atoms with Crippen LogP contribution in [0.2, 0.25) is 0 Å². The second-order valence-corrected chi connectivity index (χ2v) is 5.06. The van der Waals surface area contributed by atoms with E-state index in [0.29, 0.717) is 18.7 Å². The Kier molecular flexibility index (Phi) is 6.48. The molecule has 0 bridgehead atoms. The zero-order chi connectivity index (χ0) is 18.1. The number of furan rings is 1. The SMILES string of the molecule is N#C/C(=C/c1ccco1)C(=O)NCCCNC(=O)c1cccc(F)c1. The van der Waals surface area contributed by atoms with E-state index in [1.54, 1.807) is 12.1 Å². The Labute approximate surface area is 143 Å². The Morgan fingerprint density at radius 3 is 2.68 bits per heavy atom. The maximum absolute atomic E-state index is 13.0. The van der Waals surface area contributed by atoms with E-state index in [1.807, 2.05) is 6.07 Å². The van der Waals surface area contributed by atoms with Crippen LogP contribution in [-0.4, -0.2) is 24.9 Å². The van der Waals surface area contributed by atoms with Crippen molar-refractivity contribution in [2.45, 2.75) is 6.42 Å². The molecule has 0 saturated heterocycles. The molecule has 0 fully saturated rings. The highest BCUT2D eigenvalue weighted by molar-refractivity contribution is 6.01. The molecule has 1 aromatic carbocycles. The molecule has 7 heteroatoms. The van der Waals surface area contributed by atoms with Gasteiger partial charge < -0.3 is 15.1 Å². The topological polar surface area (TPSA) is 95.1 Å². The third-order valence-electron chi connectivity index (χ3n) is 3.21. The largest absolute Gasteiger partial charge is 0.465 e. The van der Waals surface area contributed by atoms with Crippen LogP contribution >= 0.6 is 0 Å². The third-order valence-corrected chi connectivity index (χ3v) is 3.21. The molecule has 0 aliphatic rings. The van der Waals surface area contributed by atoms with E-state index in [2.05, 4.69) is 10.6 Å². The quantitative estimate of drug-likeness (QED) is 0.459. The highest BCUT2D eigenvalue weighted by Gasteiger charge is 2.09. The number of benzene rings is 1. The van der Waals surface area contributed by atoms with E-state index in [9.17, 15) is 14.0 Å². The van der Waals surface area contributed by atoms with E-state index in [4.69, 9.17) is 9.68 Å². The van der Waals surface area contributed by atoms with Gasteiger partial charge in [0, 0.05) is 24.7 Å². The molecule has 0 unspecified atom stereocenters. The number of halogens is 1. The fourth-order valence-electron chi connectivity index (χ4n) is 1.98. The fourth-order valence-corrected chi connectivity index (χ4v) is 1.98. The van der Waals surface area contributed by atoms with Crippen molar-refractivity contribution in [3.05, 3.63) is 65.4 Å². The van der Waals surface area contributed by atoms with Gasteiger partial charge in [-0.25, -0.2) is 4.39 Å². The summed E-state index contributed by atoms with van der Waals surface area (Å²) < 4.78 is 18.1. The average molecular weight is 341 g/mol. The van der Waals surface area contributed by atoms with Crippen LogP contribution in [-0.2, 0) is 4.79 Å². The first-order valence-corrected chi connectivity index (χ1v) is 7.57. The molecule has 6 nitrogen and oxygen atoms in total. The van der Waals surface area contributed by atoms with Crippen LogP contribution in [0.15, 0.2) is 52.7 Å². The van der Waals surface area contributed by atoms with Crippen LogP contribution in [0.25, 0.3) is 6.08 Å². The smallest absolute Gasteiger partial charge is 0.262 e. The van der Waals surface area contributed by atoms with Crippen molar-refractivity contribution in [1.82, 2.24) is 10.6 Å². The fraction of sp³-hybridized carbons (Fsp3) is 0.167. The van der Waals surface area contributed by atoms with Gasteiger partial charge in [-0.2, -0.15) is 5.26 Å². The van der Waals surface area contributed by atoms with Crippen LogP contribution in [0.3, 0.4) is 0 Å². The molecule has 2 aromatic rings. The Morgan fingerprint density at radius 1 is 1.20 bits per heavy atom. The Bertz CT molecular complexity index is 807. The maximum atomic E-state index is 13.0. The summed E-state index contributed by atoms with van der Waals surface area (Å²) in [6.07, 6.45) is 3.26. The van der Waals surface area contributed by atoms with Crippen molar-refractivity contribution in [2.75, 3.05) is 13.1 Å². The third kappa shape index (κ3) is 5.62. The predicted molar refractivity (Wildman–Crippen MR) is 88.7 cm³/mol. The Morgan fingerprint density at radius 2 is 2.00 bits per heavy atom. The molecule has 1 aromatic heterocycles. The van der Waals surface area contributed by atoms with Gasteiger partial charge in [0.2, 0.25) is 0 Å². The molecule has 2 amide bonds. The van der Waals surface area contributed by atoms with Crippen molar-refractivity contribution in [1.29, 1.82) is 5.26 Å². The lowest BCUT2D eigenvalue weighted by Gasteiger charge is -2.06. The molecule has 0 aliphatic heterocycles. The number of hydrogen-bond acceptors (Lipinski definition) is 4. The minimum Gasteiger partial charge on any atom is -0.465 e. The van der Waals surface area contributed by atoms with Crippen LogP contribution in [0, 0.1) is 17.1 Å². The van der Waals surface area contributed by atoms with Crippen molar-refractivity contribution in [3.8, 4) is 6.07 Å². The average Bonchev–Trinajstić information content (AvgIpc) is 3.12. The Hall–Kier alpha value is -3.40. The van der Waals surface area contributed by atoms with Gasteiger partial charge in [-0.15, -0.1) is 0 Å². The van der Waals surface area contributed by atoms with E-state index in [0.717, 1.165) is 6.07 Å². The highest BCUT2D eigenvalue weighted by atomic mass is 19.1. The van der Waals surface area contributed by atoms with Crippen molar-refractivity contribution in [3.63, 3.8) is 0 Å². The molecule has 2 rings (SSSR count). The minimum atomic E-state index is -0.518. The minimum absolute atomic E-state index is 0.0706. The van der Waals surface area contributed by atoms with Gasteiger partial charge in [0.15, 0.2) is 0 Å². The van der Waals surface area contributed by atoms with Gasteiger partial charge in [-0.3, -0.25) is 9.59 Å². The van der Waals surface area contributed by atoms with Gasteiger partial charge in [0.05, 0.1) is 6.26 Å².